The summed E-state index contributed by atoms with van der Waals surface area (Å²) in [4.78, 5) is 28.0. The van der Waals surface area contributed by atoms with E-state index in [9.17, 15) is 9.59 Å². The van der Waals surface area contributed by atoms with Crippen molar-refractivity contribution in [3.05, 3.63) is 68.1 Å². The third-order valence-electron chi connectivity index (χ3n) is 5.89. The maximum absolute atomic E-state index is 13.3. The molecule has 1 saturated carbocycles. The molecule has 2 aromatic rings. The molecule has 0 spiro atoms. The number of rotatable bonds is 9. The summed E-state index contributed by atoms with van der Waals surface area (Å²) in [5.41, 5.74) is 1.79. The number of thioether (sulfide) groups is 1. The maximum atomic E-state index is 13.3. The van der Waals surface area contributed by atoms with Crippen molar-refractivity contribution in [2.75, 3.05) is 5.75 Å². The minimum atomic E-state index is -0.567. The molecular formula is C25H29BrCl2N2O2S. The number of carbonyl (C=O) groups excluding carboxylic acids is 2. The Morgan fingerprint density at radius 2 is 1.79 bits per heavy atom. The zero-order chi connectivity index (χ0) is 23.8. The van der Waals surface area contributed by atoms with Gasteiger partial charge in [0.05, 0.1) is 5.75 Å². The Hall–Kier alpha value is -1.21. The predicted octanol–water partition coefficient (Wildman–Crippen LogP) is 6.86. The highest BCUT2D eigenvalue weighted by Crippen LogP contribution is 2.28. The van der Waals surface area contributed by atoms with E-state index in [-0.39, 0.29) is 23.6 Å². The molecule has 0 bridgehead atoms. The van der Waals surface area contributed by atoms with Crippen LogP contribution < -0.4 is 5.32 Å². The number of halogens is 3. The summed E-state index contributed by atoms with van der Waals surface area (Å²) in [6.45, 7) is 2.18. The van der Waals surface area contributed by atoms with Crippen LogP contribution >= 0.6 is 50.9 Å². The molecule has 1 aliphatic rings. The molecule has 1 fully saturated rings. The van der Waals surface area contributed by atoms with E-state index in [4.69, 9.17) is 23.2 Å². The zero-order valence-electron chi connectivity index (χ0n) is 18.7. The molecule has 2 aromatic carbocycles. The molecular weight excluding hydrogens is 543 g/mol. The van der Waals surface area contributed by atoms with Gasteiger partial charge in [-0.05, 0) is 55.2 Å². The van der Waals surface area contributed by atoms with Crippen LogP contribution in [0.5, 0.6) is 0 Å². The summed E-state index contributed by atoms with van der Waals surface area (Å²) in [6, 6.07) is 12.8. The molecule has 0 aromatic heterocycles. The largest absolute Gasteiger partial charge is 0.352 e. The van der Waals surface area contributed by atoms with Gasteiger partial charge >= 0.3 is 0 Å². The smallest absolute Gasteiger partial charge is 0.242 e. The molecule has 1 N–H and O–H groups in total. The van der Waals surface area contributed by atoms with Gasteiger partial charge in [-0.15, -0.1) is 11.8 Å². The number of benzene rings is 2. The van der Waals surface area contributed by atoms with E-state index in [0.717, 1.165) is 41.3 Å². The molecule has 3 rings (SSSR count). The molecule has 2 amide bonds. The summed E-state index contributed by atoms with van der Waals surface area (Å²) in [7, 11) is 0. The Morgan fingerprint density at radius 3 is 2.45 bits per heavy atom. The maximum Gasteiger partial charge on any atom is 0.242 e. The second-order valence-corrected chi connectivity index (χ2v) is 11.1. The van der Waals surface area contributed by atoms with E-state index in [1.54, 1.807) is 23.1 Å². The van der Waals surface area contributed by atoms with Crippen molar-refractivity contribution in [1.29, 1.82) is 0 Å². The van der Waals surface area contributed by atoms with Crippen LogP contribution in [0.4, 0.5) is 0 Å². The van der Waals surface area contributed by atoms with Crippen molar-refractivity contribution >= 4 is 62.7 Å². The van der Waals surface area contributed by atoms with E-state index in [2.05, 4.69) is 21.2 Å². The lowest BCUT2D eigenvalue weighted by atomic mass is 9.95. The summed E-state index contributed by atoms with van der Waals surface area (Å²) >= 11 is 17.5. The van der Waals surface area contributed by atoms with Crippen molar-refractivity contribution in [3.8, 4) is 0 Å². The molecule has 4 nitrogen and oxygen atoms in total. The van der Waals surface area contributed by atoms with Crippen molar-refractivity contribution < 1.29 is 9.59 Å². The molecule has 0 radical (unpaired) electrons. The van der Waals surface area contributed by atoms with Crippen LogP contribution in [0.3, 0.4) is 0 Å². The monoisotopic (exact) mass is 570 g/mol. The van der Waals surface area contributed by atoms with Gasteiger partial charge in [0.2, 0.25) is 11.8 Å². The first kappa shape index (κ1) is 26.4. The first-order valence-corrected chi connectivity index (χ1v) is 13.9. The standard InChI is InChI=1S/C25H29BrCl2N2O2S/c1-17(25(32)29-20-9-3-2-4-10-20)30(14-18-7-5-8-19(26)13-18)24(31)16-33-15-21-22(27)11-6-12-23(21)28/h5-8,11-13,17,20H,2-4,9-10,14-16H2,1H3,(H,29,32)/t17-/m0/s1. The molecule has 178 valence electrons. The third-order valence-corrected chi connectivity index (χ3v) is 8.04. The van der Waals surface area contributed by atoms with Crippen LogP contribution in [0.25, 0.3) is 0 Å². The summed E-state index contributed by atoms with van der Waals surface area (Å²) in [5.74, 6) is 0.577. The molecule has 0 heterocycles. The Labute approximate surface area is 218 Å². The van der Waals surface area contributed by atoms with Gasteiger partial charge in [-0.3, -0.25) is 9.59 Å². The van der Waals surface area contributed by atoms with E-state index >= 15 is 0 Å². The van der Waals surface area contributed by atoms with Crippen LogP contribution in [0.1, 0.15) is 50.2 Å². The number of carbonyl (C=O) groups is 2. The number of hydrogen-bond acceptors (Lipinski definition) is 3. The minimum absolute atomic E-state index is 0.0885. The van der Waals surface area contributed by atoms with E-state index < -0.39 is 6.04 Å². The van der Waals surface area contributed by atoms with Gasteiger partial charge in [0, 0.05) is 32.9 Å². The van der Waals surface area contributed by atoms with Crippen molar-refractivity contribution in [2.24, 2.45) is 0 Å². The highest BCUT2D eigenvalue weighted by atomic mass is 79.9. The van der Waals surface area contributed by atoms with Crippen molar-refractivity contribution in [1.82, 2.24) is 10.2 Å². The fourth-order valence-electron chi connectivity index (χ4n) is 3.98. The van der Waals surface area contributed by atoms with Gasteiger partial charge in [0.1, 0.15) is 6.04 Å². The minimum Gasteiger partial charge on any atom is -0.352 e. The average molecular weight is 572 g/mol. The summed E-state index contributed by atoms with van der Waals surface area (Å²) in [5, 5.41) is 4.35. The Bertz CT molecular complexity index is 949. The van der Waals surface area contributed by atoms with Gasteiger partial charge in [-0.2, -0.15) is 0 Å². The molecule has 33 heavy (non-hydrogen) atoms. The van der Waals surface area contributed by atoms with Crippen LogP contribution in [-0.4, -0.2) is 34.6 Å². The topological polar surface area (TPSA) is 49.4 Å². The van der Waals surface area contributed by atoms with E-state index in [1.807, 2.05) is 31.2 Å². The van der Waals surface area contributed by atoms with Gasteiger partial charge in [-0.1, -0.05) is 76.6 Å². The van der Waals surface area contributed by atoms with Gasteiger partial charge < -0.3 is 10.2 Å². The van der Waals surface area contributed by atoms with Crippen LogP contribution in [0.15, 0.2) is 46.9 Å². The lowest BCUT2D eigenvalue weighted by Crippen LogP contribution is -2.50. The van der Waals surface area contributed by atoms with Crippen LogP contribution in [-0.2, 0) is 21.9 Å². The highest BCUT2D eigenvalue weighted by Gasteiger charge is 2.28. The molecule has 0 unspecified atom stereocenters. The van der Waals surface area contributed by atoms with Gasteiger partial charge in [-0.25, -0.2) is 0 Å². The third kappa shape index (κ3) is 7.91. The molecule has 0 aliphatic heterocycles. The highest BCUT2D eigenvalue weighted by molar-refractivity contribution is 9.10. The van der Waals surface area contributed by atoms with E-state index in [1.165, 1.54) is 18.2 Å². The Balaban J connectivity index is 1.68. The quantitative estimate of drug-likeness (QED) is 0.358. The van der Waals surface area contributed by atoms with Gasteiger partial charge in [0.25, 0.3) is 0 Å². The number of hydrogen-bond donors (Lipinski definition) is 1. The normalized spacial score (nSPS) is 15.2. The lowest BCUT2D eigenvalue weighted by Gasteiger charge is -2.31. The first-order chi connectivity index (χ1) is 15.8. The molecule has 1 aliphatic carbocycles. The van der Waals surface area contributed by atoms with Gasteiger partial charge in [0.15, 0.2) is 0 Å². The van der Waals surface area contributed by atoms with Crippen molar-refractivity contribution in [2.45, 2.75) is 63.4 Å². The van der Waals surface area contributed by atoms with E-state index in [0.29, 0.717) is 22.3 Å². The number of amides is 2. The first-order valence-electron chi connectivity index (χ1n) is 11.2. The fraction of sp³-hybridized carbons (Fsp3) is 0.440. The summed E-state index contributed by atoms with van der Waals surface area (Å²) in [6.07, 6.45) is 5.52. The SMILES string of the molecule is C[C@@H](C(=O)NC1CCCCC1)N(Cc1cccc(Br)c1)C(=O)CSCc1c(Cl)cccc1Cl. The van der Waals surface area contributed by atoms with Crippen molar-refractivity contribution in [3.63, 3.8) is 0 Å². The van der Waals surface area contributed by atoms with Crippen LogP contribution in [0, 0.1) is 0 Å². The molecule has 1 atom stereocenters. The lowest BCUT2D eigenvalue weighted by molar-refractivity contribution is -0.139. The molecule has 0 saturated heterocycles. The second kappa shape index (κ2) is 13.0. The Morgan fingerprint density at radius 1 is 1.12 bits per heavy atom. The van der Waals surface area contributed by atoms with Crippen LogP contribution in [0.2, 0.25) is 10.0 Å². The summed E-state index contributed by atoms with van der Waals surface area (Å²) < 4.78 is 0.939. The zero-order valence-corrected chi connectivity index (χ0v) is 22.6. The Kier molecular flexibility index (Phi) is 10.4. The number of nitrogens with one attached hydrogen (secondary N) is 1. The number of nitrogens with zero attached hydrogens (tertiary/aromatic N) is 1. The molecule has 8 heteroatoms. The second-order valence-electron chi connectivity index (χ2n) is 8.36. The average Bonchev–Trinajstić information content (AvgIpc) is 2.79. The predicted molar refractivity (Wildman–Crippen MR) is 142 cm³/mol. The fourth-order valence-corrected chi connectivity index (χ4v) is 6.07.